The van der Waals surface area contributed by atoms with Gasteiger partial charge in [0.25, 0.3) is 0 Å². The van der Waals surface area contributed by atoms with Crippen LogP contribution >= 0.6 is 23.2 Å². The van der Waals surface area contributed by atoms with Crippen molar-refractivity contribution in [3.63, 3.8) is 0 Å². The zero-order valence-electron chi connectivity index (χ0n) is 15.4. The van der Waals surface area contributed by atoms with Crippen LogP contribution in [0.25, 0.3) is 11.4 Å². The minimum atomic E-state index is -0.401. The van der Waals surface area contributed by atoms with Crippen LogP contribution in [-0.2, 0) is 17.8 Å². The molecule has 0 unspecified atom stereocenters. The molecule has 29 heavy (non-hydrogen) atoms. The van der Waals surface area contributed by atoms with Crippen molar-refractivity contribution in [1.82, 2.24) is 14.3 Å². The van der Waals surface area contributed by atoms with Crippen LogP contribution in [0, 0.1) is 5.82 Å². The first kappa shape index (κ1) is 19.9. The second kappa shape index (κ2) is 8.13. The first-order valence-corrected chi connectivity index (χ1v) is 10.1. The average molecular weight is 434 g/mol. The van der Waals surface area contributed by atoms with E-state index in [9.17, 15) is 14.0 Å². The zero-order valence-corrected chi connectivity index (χ0v) is 17.0. The number of hydrogen-bond donors (Lipinski definition) is 0. The lowest BCUT2D eigenvalue weighted by Gasteiger charge is -2.04. The number of hydrogen-bond acceptors (Lipinski definition) is 3. The maximum absolute atomic E-state index is 13.8. The van der Waals surface area contributed by atoms with Crippen molar-refractivity contribution in [2.45, 2.75) is 38.3 Å². The number of halogens is 3. The van der Waals surface area contributed by atoms with Gasteiger partial charge in [0.15, 0.2) is 11.6 Å². The molecule has 8 heteroatoms. The van der Waals surface area contributed by atoms with E-state index < -0.39 is 5.82 Å². The molecule has 0 saturated heterocycles. The molecule has 0 radical (unpaired) electrons. The van der Waals surface area contributed by atoms with E-state index in [-0.39, 0.29) is 36.9 Å². The SMILES string of the molecule is O=C(CCc1cc(Cl)ccc1F)Cn1nc(-c2ccc(Cl)cc2)n(C2CC2)c1=O. The molecular weight excluding hydrogens is 416 g/mol. The van der Waals surface area contributed by atoms with Crippen LogP contribution in [0.1, 0.15) is 30.9 Å². The van der Waals surface area contributed by atoms with Crippen LogP contribution in [0.2, 0.25) is 10.0 Å². The summed E-state index contributed by atoms with van der Waals surface area (Å²) in [5.74, 6) is -0.0696. The Bertz CT molecular complexity index is 1120. The van der Waals surface area contributed by atoms with Gasteiger partial charge in [-0.15, -0.1) is 5.10 Å². The number of carbonyl (C=O) groups excluding carboxylic acids is 1. The Morgan fingerprint density at radius 1 is 1.10 bits per heavy atom. The fraction of sp³-hybridized carbons (Fsp3) is 0.286. The average Bonchev–Trinajstić information content (AvgIpc) is 3.48. The Morgan fingerprint density at radius 3 is 2.48 bits per heavy atom. The van der Waals surface area contributed by atoms with Gasteiger partial charge in [-0.1, -0.05) is 23.2 Å². The number of aromatic nitrogens is 3. The maximum Gasteiger partial charge on any atom is 0.346 e. The highest BCUT2D eigenvalue weighted by Crippen LogP contribution is 2.36. The number of aryl methyl sites for hydroxylation is 1. The predicted octanol–water partition coefficient (Wildman–Crippen LogP) is 4.69. The monoisotopic (exact) mass is 433 g/mol. The minimum Gasteiger partial charge on any atom is -0.298 e. The summed E-state index contributed by atoms with van der Waals surface area (Å²) >= 11 is 11.8. The van der Waals surface area contributed by atoms with Gasteiger partial charge in [0.2, 0.25) is 0 Å². The third kappa shape index (κ3) is 4.43. The summed E-state index contributed by atoms with van der Waals surface area (Å²) in [6, 6.07) is 11.4. The molecule has 0 spiro atoms. The van der Waals surface area contributed by atoms with Crippen molar-refractivity contribution in [3.8, 4) is 11.4 Å². The molecule has 1 aliphatic carbocycles. The van der Waals surface area contributed by atoms with Gasteiger partial charge in [-0.05, 0) is 67.3 Å². The number of Topliss-reactive ketones (excluding diaryl/α,β-unsaturated/α-hetero) is 1. The van der Waals surface area contributed by atoms with Crippen molar-refractivity contribution in [3.05, 3.63) is 74.4 Å². The van der Waals surface area contributed by atoms with Crippen molar-refractivity contribution >= 4 is 29.0 Å². The number of nitrogens with zero attached hydrogens (tertiary/aromatic N) is 3. The highest BCUT2D eigenvalue weighted by atomic mass is 35.5. The molecule has 0 amide bonds. The largest absolute Gasteiger partial charge is 0.346 e. The van der Waals surface area contributed by atoms with Gasteiger partial charge in [0.1, 0.15) is 12.4 Å². The van der Waals surface area contributed by atoms with Gasteiger partial charge in [-0.25, -0.2) is 13.9 Å². The summed E-state index contributed by atoms with van der Waals surface area (Å²) < 4.78 is 16.7. The van der Waals surface area contributed by atoms with Crippen LogP contribution < -0.4 is 5.69 Å². The third-order valence-corrected chi connectivity index (χ3v) is 5.38. The van der Waals surface area contributed by atoms with Crippen molar-refractivity contribution in [2.24, 2.45) is 0 Å². The van der Waals surface area contributed by atoms with E-state index in [0.717, 1.165) is 18.4 Å². The molecule has 1 fully saturated rings. The zero-order chi connectivity index (χ0) is 20.5. The lowest BCUT2D eigenvalue weighted by molar-refractivity contribution is -0.119. The van der Waals surface area contributed by atoms with Crippen LogP contribution in [0.15, 0.2) is 47.3 Å². The first-order chi connectivity index (χ1) is 13.9. The fourth-order valence-corrected chi connectivity index (χ4v) is 3.56. The molecule has 1 saturated carbocycles. The second-order valence-corrected chi connectivity index (χ2v) is 8.02. The molecule has 1 aliphatic rings. The summed E-state index contributed by atoms with van der Waals surface area (Å²) in [4.78, 5) is 25.3. The van der Waals surface area contributed by atoms with Gasteiger partial charge < -0.3 is 0 Å². The Morgan fingerprint density at radius 2 is 1.79 bits per heavy atom. The fourth-order valence-electron chi connectivity index (χ4n) is 3.24. The molecule has 0 aliphatic heterocycles. The summed E-state index contributed by atoms with van der Waals surface area (Å²) in [7, 11) is 0. The highest BCUT2D eigenvalue weighted by Gasteiger charge is 2.30. The molecule has 0 N–H and O–H groups in total. The van der Waals surface area contributed by atoms with E-state index >= 15 is 0 Å². The van der Waals surface area contributed by atoms with Gasteiger partial charge in [-0.2, -0.15) is 0 Å². The van der Waals surface area contributed by atoms with Crippen LogP contribution in [-0.4, -0.2) is 20.1 Å². The van der Waals surface area contributed by atoms with E-state index in [1.54, 1.807) is 28.8 Å². The van der Waals surface area contributed by atoms with E-state index in [4.69, 9.17) is 23.2 Å². The van der Waals surface area contributed by atoms with Gasteiger partial charge in [-0.3, -0.25) is 9.36 Å². The summed E-state index contributed by atoms with van der Waals surface area (Å²) in [5, 5.41) is 5.42. The molecule has 4 rings (SSSR count). The summed E-state index contributed by atoms with van der Waals surface area (Å²) in [6.07, 6.45) is 2.13. The van der Waals surface area contributed by atoms with Crippen LogP contribution in [0.3, 0.4) is 0 Å². The molecule has 2 aromatic carbocycles. The Hall–Kier alpha value is -2.44. The normalized spacial score (nSPS) is 13.6. The molecule has 0 bridgehead atoms. The van der Waals surface area contributed by atoms with Gasteiger partial charge in [0.05, 0.1) is 0 Å². The van der Waals surface area contributed by atoms with E-state index in [1.807, 2.05) is 0 Å². The van der Waals surface area contributed by atoms with E-state index in [0.29, 0.717) is 21.4 Å². The summed E-state index contributed by atoms with van der Waals surface area (Å²) in [6.45, 7) is -0.151. The van der Waals surface area contributed by atoms with Crippen molar-refractivity contribution in [2.75, 3.05) is 0 Å². The second-order valence-electron chi connectivity index (χ2n) is 7.15. The molecule has 0 atom stereocenters. The van der Waals surface area contributed by atoms with E-state index in [1.165, 1.54) is 22.9 Å². The molecular formula is C21H18Cl2FN3O2. The molecule has 1 aromatic heterocycles. The molecule has 1 heterocycles. The smallest absolute Gasteiger partial charge is 0.298 e. The Labute approximate surface area is 176 Å². The summed E-state index contributed by atoms with van der Waals surface area (Å²) in [5.41, 5.74) is 0.842. The van der Waals surface area contributed by atoms with Gasteiger partial charge >= 0.3 is 5.69 Å². The van der Waals surface area contributed by atoms with Crippen LogP contribution in [0.4, 0.5) is 4.39 Å². The standard InChI is InChI=1S/C21H18Cl2FN3O2/c22-15-4-1-13(2-5-15)20-25-26(21(29)27(20)17-7-8-17)12-18(28)9-3-14-11-16(23)6-10-19(14)24/h1-2,4-6,10-11,17H,3,7-9,12H2. The molecule has 5 nitrogen and oxygen atoms in total. The molecule has 3 aromatic rings. The lowest BCUT2D eigenvalue weighted by atomic mass is 10.1. The quantitative estimate of drug-likeness (QED) is 0.542. The van der Waals surface area contributed by atoms with Gasteiger partial charge in [0, 0.05) is 28.1 Å². The van der Waals surface area contributed by atoms with E-state index in [2.05, 4.69) is 5.10 Å². The number of carbonyl (C=O) groups is 1. The Kier molecular flexibility index (Phi) is 5.56. The topological polar surface area (TPSA) is 56.9 Å². The first-order valence-electron chi connectivity index (χ1n) is 9.33. The number of ketones is 1. The van der Waals surface area contributed by atoms with Crippen molar-refractivity contribution in [1.29, 1.82) is 0 Å². The predicted molar refractivity (Wildman–Crippen MR) is 110 cm³/mol. The maximum atomic E-state index is 13.8. The number of benzene rings is 2. The van der Waals surface area contributed by atoms with Crippen molar-refractivity contribution < 1.29 is 9.18 Å². The van der Waals surface area contributed by atoms with Crippen LogP contribution in [0.5, 0.6) is 0 Å². The third-order valence-electron chi connectivity index (χ3n) is 4.89. The lowest BCUT2D eigenvalue weighted by Crippen LogP contribution is -2.27. The Balaban J connectivity index is 1.53. The molecule has 150 valence electrons. The highest BCUT2D eigenvalue weighted by molar-refractivity contribution is 6.30. The minimum absolute atomic E-state index is 0.0935. The number of rotatable bonds is 7.